The van der Waals surface area contributed by atoms with Crippen LogP contribution in [0.15, 0.2) is 84.0 Å². The Morgan fingerprint density at radius 2 is 1.64 bits per heavy atom. The highest BCUT2D eigenvalue weighted by molar-refractivity contribution is 6.34. The van der Waals surface area contributed by atoms with Gasteiger partial charge in [-0.3, -0.25) is 20.1 Å². The number of fused-ring (bicyclic) bond motifs is 1. The van der Waals surface area contributed by atoms with Gasteiger partial charge < -0.3 is 0 Å². The van der Waals surface area contributed by atoms with Crippen LogP contribution in [0.3, 0.4) is 0 Å². The smallest absolute Gasteiger partial charge is 0.269 e. The summed E-state index contributed by atoms with van der Waals surface area (Å²) >= 11 is 6.69. The standard InChI is InChI=1S/C21H15ClN4O2/c22-21-19(14-23-24-15-10-12-17(13-11-15)26(27)28)18-8-4-5-9-20(18)25(21)16-6-2-1-3-7-16/h1-14,24H/b23-14-. The molecule has 138 valence electrons. The van der Waals surface area contributed by atoms with E-state index < -0.39 is 4.92 Å². The van der Waals surface area contributed by atoms with Gasteiger partial charge in [0.1, 0.15) is 5.15 Å². The van der Waals surface area contributed by atoms with Crippen LogP contribution in [-0.4, -0.2) is 15.7 Å². The summed E-state index contributed by atoms with van der Waals surface area (Å²) in [7, 11) is 0. The Balaban J connectivity index is 1.68. The maximum Gasteiger partial charge on any atom is 0.269 e. The second kappa shape index (κ2) is 7.54. The molecule has 0 radical (unpaired) electrons. The minimum atomic E-state index is -0.439. The number of hydrogen-bond donors (Lipinski definition) is 1. The molecule has 0 aliphatic carbocycles. The maximum absolute atomic E-state index is 10.7. The Morgan fingerprint density at radius 3 is 2.36 bits per heavy atom. The average Bonchev–Trinajstić information content (AvgIpc) is 3.01. The van der Waals surface area contributed by atoms with Gasteiger partial charge in [-0.25, -0.2) is 0 Å². The van der Waals surface area contributed by atoms with Gasteiger partial charge in [-0.15, -0.1) is 0 Å². The molecule has 3 aromatic carbocycles. The van der Waals surface area contributed by atoms with Gasteiger partial charge in [0.2, 0.25) is 0 Å². The van der Waals surface area contributed by atoms with E-state index in [1.807, 2.05) is 59.2 Å². The Labute approximate surface area is 165 Å². The van der Waals surface area contributed by atoms with E-state index >= 15 is 0 Å². The van der Waals surface area contributed by atoms with E-state index in [0.717, 1.165) is 22.2 Å². The SMILES string of the molecule is O=[N+]([O-])c1ccc(N/N=C\c2c(Cl)n(-c3ccccc3)c3ccccc23)cc1. The molecule has 0 atom stereocenters. The van der Waals surface area contributed by atoms with Gasteiger partial charge >= 0.3 is 0 Å². The van der Waals surface area contributed by atoms with Crippen LogP contribution in [0.4, 0.5) is 11.4 Å². The van der Waals surface area contributed by atoms with E-state index in [1.54, 1.807) is 18.3 Å². The molecular weight excluding hydrogens is 376 g/mol. The average molecular weight is 391 g/mol. The number of halogens is 1. The van der Waals surface area contributed by atoms with E-state index in [0.29, 0.717) is 10.8 Å². The van der Waals surface area contributed by atoms with Crippen molar-refractivity contribution in [3.63, 3.8) is 0 Å². The summed E-state index contributed by atoms with van der Waals surface area (Å²) in [6.07, 6.45) is 1.66. The second-order valence-corrected chi connectivity index (χ2v) is 6.42. The van der Waals surface area contributed by atoms with Crippen LogP contribution >= 0.6 is 11.6 Å². The first-order valence-corrected chi connectivity index (χ1v) is 8.91. The minimum absolute atomic E-state index is 0.0310. The van der Waals surface area contributed by atoms with Crippen LogP contribution in [0.5, 0.6) is 0 Å². The number of benzene rings is 3. The van der Waals surface area contributed by atoms with Gasteiger partial charge in [0.15, 0.2) is 0 Å². The molecule has 28 heavy (non-hydrogen) atoms. The predicted molar refractivity (Wildman–Crippen MR) is 113 cm³/mol. The number of hydrazone groups is 1. The fraction of sp³-hybridized carbons (Fsp3) is 0. The van der Waals surface area contributed by atoms with Crippen molar-refractivity contribution in [2.24, 2.45) is 5.10 Å². The van der Waals surface area contributed by atoms with Crippen molar-refractivity contribution in [2.45, 2.75) is 0 Å². The van der Waals surface area contributed by atoms with Crippen LogP contribution in [0, 0.1) is 10.1 Å². The van der Waals surface area contributed by atoms with E-state index in [9.17, 15) is 10.1 Å². The highest BCUT2D eigenvalue weighted by Crippen LogP contribution is 2.32. The molecule has 1 N–H and O–H groups in total. The molecule has 1 aromatic heterocycles. The molecule has 6 nitrogen and oxygen atoms in total. The molecule has 0 bridgehead atoms. The lowest BCUT2D eigenvalue weighted by Gasteiger charge is -2.06. The Hall–Kier alpha value is -3.64. The van der Waals surface area contributed by atoms with Gasteiger partial charge in [-0.2, -0.15) is 5.10 Å². The van der Waals surface area contributed by atoms with Gasteiger partial charge in [-0.1, -0.05) is 48.0 Å². The van der Waals surface area contributed by atoms with E-state index in [-0.39, 0.29) is 5.69 Å². The highest BCUT2D eigenvalue weighted by atomic mass is 35.5. The number of non-ortho nitro benzene ring substituents is 1. The molecule has 0 saturated heterocycles. The van der Waals surface area contributed by atoms with Crippen LogP contribution in [-0.2, 0) is 0 Å². The van der Waals surface area contributed by atoms with Crippen LogP contribution < -0.4 is 5.43 Å². The molecule has 0 spiro atoms. The quantitative estimate of drug-likeness (QED) is 0.272. The lowest BCUT2D eigenvalue weighted by molar-refractivity contribution is -0.384. The summed E-state index contributed by atoms with van der Waals surface area (Å²) in [5.74, 6) is 0. The summed E-state index contributed by atoms with van der Waals surface area (Å²) < 4.78 is 1.98. The largest absolute Gasteiger partial charge is 0.300 e. The third-order valence-electron chi connectivity index (χ3n) is 4.33. The number of nitro benzene ring substituents is 1. The molecule has 0 amide bonds. The lowest BCUT2D eigenvalue weighted by atomic mass is 10.2. The second-order valence-electron chi connectivity index (χ2n) is 6.07. The predicted octanol–water partition coefficient (Wildman–Crippen LogP) is 5.64. The number of aromatic nitrogens is 1. The fourth-order valence-corrected chi connectivity index (χ4v) is 3.35. The van der Waals surface area contributed by atoms with Gasteiger partial charge in [-0.05, 0) is 30.3 Å². The van der Waals surface area contributed by atoms with Gasteiger partial charge in [0.25, 0.3) is 5.69 Å². The van der Waals surface area contributed by atoms with Crippen molar-refractivity contribution in [1.29, 1.82) is 0 Å². The molecule has 4 aromatic rings. The normalized spacial score (nSPS) is 11.2. The Kier molecular flexibility index (Phi) is 4.78. The third kappa shape index (κ3) is 3.33. The molecule has 4 rings (SSSR count). The molecule has 0 aliphatic heterocycles. The van der Waals surface area contributed by atoms with Crippen molar-refractivity contribution < 1.29 is 4.92 Å². The molecule has 0 unspecified atom stereocenters. The number of nitrogens with zero attached hydrogens (tertiary/aromatic N) is 3. The first kappa shape index (κ1) is 17.8. The number of para-hydroxylation sites is 2. The van der Waals surface area contributed by atoms with Crippen LogP contribution in [0.2, 0.25) is 5.15 Å². The molecule has 0 saturated carbocycles. The van der Waals surface area contributed by atoms with Crippen molar-refractivity contribution in [3.05, 3.63) is 99.7 Å². The molecule has 0 aliphatic rings. The molecular formula is C21H15ClN4O2. The summed E-state index contributed by atoms with van der Waals surface area (Å²) in [6.45, 7) is 0. The van der Waals surface area contributed by atoms with Crippen molar-refractivity contribution in [2.75, 3.05) is 5.43 Å². The first-order chi connectivity index (χ1) is 13.6. The van der Waals surface area contributed by atoms with E-state index in [2.05, 4.69) is 10.5 Å². The number of nitrogens with one attached hydrogen (secondary N) is 1. The zero-order chi connectivity index (χ0) is 19.5. The van der Waals surface area contributed by atoms with Crippen molar-refractivity contribution >= 4 is 40.1 Å². The molecule has 7 heteroatoms. The van der Waals surface area contributed by atoms with Crippen molar-refractivity contribution in [1.82, 2.24) is 4.57 Å². The summed E-state index contributed by atoms with van der Waals surface area (Å²) in [5, 5.41) is 16.5. The van der Waals surface area contributed by atoms with Crippen LogP contribution in [0.25, 0.3) is 16.6 Å². The monoisotopic (exact) mass is 390 g/mol. The zero-order valence-electron chi connectivity index (χ0n) is 14.6. The Bertz CT molecular complexity index is 1170. The lowest BCUT2D eigenvalue weighted by Crippen LogP contribution is -1.94. The highest BCUT2D eigenvalue weighted by Gasteiger charge is 2.15. The van der Waals surface area contributed by atoms with E-state index in [4.69, 9.17) is 11.6 Å². The van der Waals surface area contributed by atoms with Gasteiger partial charge in [0, 0.05) is 28.8 Å². The van der Waals surface area contributed by atoms with Gasteiger partial charge in [0.05, 0.1) is 22.3 Å². The van der Waals surface area contributed by atoms with Crippen molar-refractivity contribution in [3.8, 4) is 5.69 Å². The zero-order valence-corrected chi connectivity index (χ0v) is 15.4. The minimum Gasteiger partial charge on any atom is -0.300 e. The maximum atomic E-state index is 10.7. The number of rotatable bonds is 5. The summed E-state index contributed by atoms with van der Waals surface area (Å²) in [4.78, 5) is 10.3. The molecule has 1 heterocycles. The number of hydrogen-bond acceptors (Lipinski definition) is 4. The number of anilines is 1. The molecule has 0 fully saturated rings. The number of nitro groups is 1. The van der Waals surface area contributed by atoms with Crippen LogP contribution in [0.1, 0.15) is 5.56 Å². The fourth-order valence-electron chi connectivity index (χ4n) is 3.02. The van der Waals surface area contributed by atoms with E-state index in [1.165, 1.54) is 12.1 Å². The summed E-state index contributed by atoms with van der Waals surface area (Å²) in [6, 6.07) is 23.8. The summed E-state index contributed by atoms with van der Waals surface area (Å²) in [5.41, 5.74) is 6.29. The third-order valence-corrected chi connectivity index (χ3v) is 4.71. The Morgan fingerprint density at radius 1 is 0.964 bits per heavy atom. The topological polar surface area (TPSA) is 72.5 Å². The first-order valence-electron chi connectivity index (χ1n) is 8.53.